The van der Waals surface area contributed by atoms with Crippen LogP contribution < -0.4 is 5.32 Å². The van der Waals surface area contributed by atoms with Crippen LogP contribution in [-0.2, 0) is 10.1 Å². The van der Waals surface area contributed by atoms with E-state index in [4.69, 9.17) is 13.0 Å². The molecule has 0 atom stereocenters. The number of hydrogen-bond acceptors (Lipinski definition) is 3. The van der Waals surface area contributed by atoms with Gasteiger partial charge in [-0.2, -0.15) is 0 Å². The summed E-state index contributed by atoms with van der Waals surface area (Å²) >= 11 is 0. The van der Waals surface area contributed by atoms with E-state index in [0.29, 0.717) is 6.26 Å². The fourth-order valence-corrected chi connectivity index (χ4v) is 0. The van der Waals surface area contributed by atoms with Crippen LogP contribution in [-0.4, -0.2) is 33.3 Å². The summed E-state index contributed by atoms with van der Waals surface area (Å²) in [4.78, 5) is 0. The van der Waals surface area contributed by atoms with Gasteiger partial charge in [-0.15, -0.1) is 0 Å². The molecule has 52 valence electrons. The lowest BCUT2D eigenvalue weighted by molar-refractivity contribution is -0.597. The molecule has 0 rings (SSSR count). The van der Waals surface area contributed by atoms with Crippen LogP contribution in [0.3, 0.4) is 0 Å². The minimum absolute atomic E-state index is 0.604. The maximum atomic E-state index is 9.08. The second-order valence-electron chi connectivity index (χ2n) is 1.28. The molecule has 0 heterocycles. The van der Waals surface area contributed by atoms with Crippen LogP contribution in [0.5, 0.6) is 0 Å². The lowest BCUT2D eigenvalue weighted by Gasteiger charge is -1.90. The molecule has 0 spiro atoms. The smallest absolute Gasteiger partial charge is 0.0916 e. The monoisotopic (exact) mass is 141 g/mol. The van der Waals surface area contributed by atoms with Gasteiger partial charge < -0.3 is 9.87 Å². The standard InChI is InChI=1S/C2H7N.CH4O3S/c1-3-2;1-5(2,3)4/h3H,1-2H3;1H3,(H,2,3,4). The van der Waals surface area contributed by atoms with E-state index in [1.165, 1.54) is 0 Å². The van der Waals surface area contributed by atoms with Crippen molar-refractivity contribution >= 4 is 10.1 Å². The predicted molar refractivity (Wildman–Crippen MR) is 29.4 cm³/mol. The molecule has 0 aromatic rings. The number of quaternary nitrogens is 1. The summed E-state index contributed by atoms with van der Waals surface area (Å²) < 4.78 is 27.2. The van der Waals surface area contributed by atoms with Crippen molar-refractivity contribution in [1.82, 2.24) is 0 Å². The summed E-state index contributed by atoms with van der Waals surface area (Å²) in [5.74, 6) is 0. The second kappa shape index (κ2) is 5.02. The van der Waals surface area contributed by atoms with E-state index >= 15 is 0 Å². The largest absolute Gasteiger partial charge is 0.748 e. The van der Waals surface area contributed by atoms with E-state index in [9.17, 15) is 0 Å². The van der Waals surface area contributed by atoms with Gasteiger partial charge in [0.1, 0.15) is 0 Å². The lowest BCUT2D eigenvalue weighted by Crippen LogP contribution is -2.74. The third-order valence-corrected chi connectivity index (χ3v) is 0. The molecule has 5 heteroatoms. The summed E-state index contributed by atoms with van der Waals surface area (Å²) in [5, 5.41) is 2.00. The van der Waals surface area contributed by atoms with Crippen LogP contribution in [0.25, 0.3) is 0 Å². The highest BCUT2D eigenvalue weighted by molar-refractivity contribution is 7.84. The summed E-state index contributed by atoms with van der Waals surface area (Å²) in [7, 11) is 0.0833. The Morgan fingerprint density at radius 1 is 1.38 bits per heavy atom. The van der Waals surface area contributed by atoms with Crippen LogP contribution in [0, 0.1) is 0 Å². The molecular weight excluding hydrogens is 130 g/mol. The van der Waals surface area contributed by atoms with Crippen LogP contribution in [0.2, 0.25) is 0 Å². The van der Waals surface area contributed by atoms with Gasteiger partial charge in [-0.25, -0.2) is 8.42 Å². The Labute approximate surface area is 49.7 Å². The van der Waals surface area contributed by atoms with E-state index in [-0.39, 0.29) is 0 Å². The Bertz CT molecular complexity index is 108. The summed E-state index contributed by atoms with van der Waals surface area (Å²) in [5.41, 5.74) is 0. The zero-order valence-corrected chi connectivity index (χ0v) is 6.03. The first-order valence-electron chi connectivity index (χ1n) is 2.06. The first-order valence-corrected chi connectivity index (χ1v) is 3.88. The third kappa shape index (κ3) is 8240. The Balaban J connectivity index is 0. The van der Waals surface area contributed by atoms with Gasteiger partial charge in [0.05, 0.1) is 24.2 Å². The molecule has 0 saturated heterocycles. The van der Waals surface area contributed by atoms with Crippen molar-refractivity contribution in [2.75, 3.05) is 20.4 Å². The van der Waals surface area contributed by atoms with Crippen molar-refractivity contribution in [2.24, 2.45) is 0 Å². The van der Waals surface area contributed by atoms with Crippen molar-refractivity contribution in [3.05, 3.63) is 0 Å². The summed E-state index contributed by atoms with van der Waals surface area (Å²) in [6.45, 7) is 0. The quantitative estimate of drug-likeness (QED) is 0.395. The number of nitrogens with two attached hydrogens (primary N) is 1. The predicted octanol–water partition coefficient (Wildman–Crippen LogP) is -2.03. The molecule has 0 aromatic carbocycles. The molecule has 0 bridgehead atoms. The van der Waals surface area contributed by atoms with Gasteiger partial charge in [0.25, 0.3) is 0 Å². The van der Waals surface area contributed by atoms with Crippen LogP contribution in [0.15, 0.2) is 0 Å². The molecule has 0 radical (unpaired) electrons. The highest BCUT2D eigenvalue weighted by atomic mass is 32.2. The van der Waals surface area contributed by atoms with Crippen molar-refractivity contribution in [3.63, 3.8) is 0 Å². The van der Waals surface area contributed by atoms with Gasteiger partial charge in [0.15, 0.2) is 0 Å². The van der Waals surface area contributed by atoms with E-state index in [2.05, 4.69) is 0 Å². The fraction of sp³-hybridized carbons (Fsp3) is 1.00. The van der Waals surface area contributed by atoms with E-state index in [0.717, 1.165) is 0 Å². The van der Waals surface area contributed by atoms with Gasteiger partial charge in [-0.3, -0.25) is 0 Å². The molecule has 0 aromatic heterocycles. The maximum absolute atomic E-state index is 9.08. The normalized spacial score (nSPS) is 9.50. The second-order valence-corrected chi connectivity index (χ2v) is 2.69. The zero-order chi connectivity index (χ0) is 7.21. The molecule has 0 saturated carbocycles. The average molecular weight is 141 g/mol. The highest BCUT2D eigenvalue weighted by Gasteiger charge is 1.65. The number of hydrogen-bond donors (Lipinski definition) is 1. The molecule has 0 aliphatic rings. The zero-order valence-electron chi connectivity index (χ0n) is 5.21. The van der Waals surface area contributed by atoms with Crippen molar-refractivity contribution < 1.29 is 18.3 Å². The molecule has 8 heavy (non-hydrogen) atoms. The molecule has 0 fully saturated rings. The van der Waals surface area contributed by atoms with Crippen LogP contribution >= 0.6 is 0 Å². The topological polar surface area (TPSA) is 73.8 Å². The van der Waals surface area contributed by atoms with Crippen LogP contribution in [0.4, 0.5) is 0 Å². The molecule has 0 amide bonds. The maximum Gasteiger partial charge on any atom is 0.0916 e. The molecule has 0 aliphatic carbocycles. The summed E-state index contributed by atoms with van der Waals surface area (Å²) in [6, 6.07) is 0. The Hall–Kier alpha value is -0.130. The molecule has 4 nitrogen and oxygen atoms in total. The summed E-state index contributed by atoms with van der Waals surface area (Å²) in [6.07, 6.45) is 0.604. The van der Waals surface area contributed by atoms with Gasteiger partial charge in [0, 0.05) is 6.26 Å². The first kappa shape index (κ1) is 10.8. The van der Waals surface area contributed by atoms with Crippen molar-refractivity contribution in [1.29, 1.82) is 0 Å². The van der Waals surface area contributed by atoms with E-state index < -0.39 is 10.1 Å². The third-order valence-electron chi connectivity index (χ3n) is 0. The molecule has 0 unspecified atom stereocenters. The van der Waals surface area contributed by atoms with Crippen molar-refractivity contribution in [3.8, 4) is 0 Å². The molecule has 0 aliphatic heterocycles. The van der Waals surface area contributed by atoms with E-state index in [1.807, 2.05) is 19.4 Å². The lowest BCUT2D eigenvalue weighted by atomic mass is 11.3. The SMILES string of the molecule is CS(=O)(=O)[O-].C[NH2+]C. The van der Waals surface area contributed by atoms with Gasteiger partial charge in [-0.1, -0.05) is 0 Å². The first-order chi connectivity index (χ1) is 3.41. The average Bonchev–Trinajstić information content (AvgIpc) is 1.27. The Kier molecular flexibility index (Phi) is 6.76. The Morgan fingerprint density at radius 2 is 1.38 bits per heavy atom. The van der Waals surface area contributed by atoms with Gasteiger partial charge in [0.2, 0.25) is 0 Å². The van der Waals surface area contributed by atoms with Gasteiger partial charge >= 0.3 is 0 Å². The number of rotatable bonds is 0. The minimum Gasteiger partial charge on any atom is -0.748 e. The fourth-order valence-electron chi connectivity index (χ4n) is 0. The van der Waals surface area contributed by atoms with Crippen molar-refractivity contribution in [2.45, 2.75) is 0 Å². The van der Waals surface area contributed by atoms with Crippen LogP contribution in [0.1, 0.15) is 0 Å². The minimum atomic E-state index is -3.92. The van der Waals surface area contributed by atoms with Gasteiger partial charge in [-0.05, 0) is 0 Å². The molecular formula is C3H11NO3S. The molecule has 2 N–H and O–H groups in total. The van der Waals surface area contributed by atoms with E-state index in [1.54, 1.807) is 0 Å². The Morgan fingerprint density at radius 3 is 1.38 bits per heavy atom. The highest BCUT2D eigenvalue weighted by Crippen LogP contribution is 1.59.